The SMILES string of the molecule is CCCN(CC(=O)OCC)C(=O)c1ccc(C)cc1Cl. The van der Waals surface area contributed by atoms with Crippen LogP contribution in [-0.2, 0) is 9.53 Å². The minimum atomic E-state index is -0.405. The van der Waals surface area contributed by atoms with Crippen LogP contribution < -0.4 is 0 Å². The van der Waals surface area contributed by atoms with Crippen molar-refractivity contribution in [1.82, 2.24) is 4.90 Å². The minimum Gasteiger partial charge on any atom is -0.465 e. The number of benzene rings is 1. The number of aryl methyl sites for hydroxylation is 1. The van der Waals surface area contributed by atoms with Crippen molar-refractivity contribution in [1.29, 1.82) is 0 Å². The lowest BCUT2D eigenvalue weighted by Gasteiger charge is -2.21. The third-order valence-electron chi connectivity index (χ3n) is 2.76. The van der Waals surface area contributed by atoms with Gasteiger partial charge in [-0.2, -0.15) is 0 Å². The molecule has 0 aliphatic heterocycles. The second-order valence-corrected chi connectivity index (χ2v) is 4.92. The van der Waals surface area contributed by atoms with E-state index in [0.717, 1.165) is 12.0 Å². The Hall–Kier alpha value is -1.55. The van der Waals surface area contributed by atoms with Crippen molar-refractivity contribution in [3.63, 3.8) is 0 Å². The first-order valence-corrected chi connectivity index (χ1v) is 7.08. The summed E-state index contributed by atoms with van der Waals surface area (Å²) in [5.74, 6) is -0.651. The number of ether oxygens (including phenoxy) is 1. The second-order valence-electron chi connectivity index (χ2n) is 4.52. The summed E-state index contributed by atoms with van der Waals surface area (Å²) in [5, 5.41) is 0.403. The molecule has 0 saturated heterocycles. The molecular weight excluding hydrogens is 278 g/mol. The van der Waals surface area contributed by atoms with Crippen molar-refractivity contribution in [2.24, 2.45) is 0 Å². The number of nitrogens with zero attached hydrogens (tertiary/aromatic N) is 1. The fourth-order valence-electron chi connectivity index (χ4n) is 1.85. The molecule has 1 aromatic carbocycles. The first-order chi connectivity index (χ1) is 9.49. The zero-order valence-electron chi connectivity index (χ0n) is 12.1. The van der Waals surface area contributed by atoms with E-state index in [-0.39, 0.29) is 12.5 Å². The van der Waals surface area contributed by atoms with Crippen LogP contribution in [0.25, 0.3) is 0 Å². The highest BCUT2D eigenvalue weighted by Crippen LogP contribution is 2.19. The van der Waals surface area contributed by atoms with Crippen molar-refractivity contribution in [2.75, 3.05) is 19.7 Å². The van der Waals surface area contributed by atoms with Crippen LogP contribution in [0, 0.1) is 6.92 Å². The van der Waals surface area contributed by atoms with Crippen LogP contribution in [0.2, 0.25) is 5.02 Å². The Morgan fingerprint density at radius 1 is 1.30 bits per heavy atom. The molecule has 0 saturated carbocycles. The zero-order valence-corrected chi connectivity index (χ0v) is 12.9. The van der Waals surface area contributed by atoms with E-state index in [0.29, 0.717) is 23.7 Å². The fourth-order valence-corrected chi connectivity index (χ4v) is 2.16. The lowest BCUT2D eigenvalue weighted by molar-refractivity contribution is -0.143. The number of esters is 1. The minimum absolute atomic E-state index is 0.0509. The summed E-state index contributed by atoms with van der Waals surface area (Å²) >= 11 is 6.10. The third kappa shape index (κ3) is 4.53. The van der Waals surface area contributed by atoms with E-state index in [9.17, 15) is 9.59 Å². The van der Waals surface area contributed by atoms with Crippen molar-refractivity contribution in [3.05, 3.63) is 34.3 Å². The molecule has 0 N–H and O–H groups in total. The molecule has 1 aromatic rings. The fraction of sp³-hybridized carbons (Fsp3) is 0.467. The van der Waals surface area contributed by atoms with Gasteiger partial charge in [-0.3, -0.25) is 9.59 Å². The van der Waals surface area contributed by atoms with Crippen molar-refractivity contribution >= 4 is 23.5 Å². The molecule has 1 rings (SSSR count). The molecule has 5 heteroatoms. The monoisotopic (exact) mass is 297 g/mol. The van der Waals surface area contributed by atoms with E-state index < -0.39 is 5.97 Å². The van der Waals surface area contributed by atoms with Crippen LogP contribution in [0.1, 0.15) is 36.2 Å². The molecule has 1 amide bonds. The van der Waals surface area contributed by atoms with Gasteiger partial charge in [-0.05, 0) is 38.0 Å². The van der Waals surface area contributed by atoms with Crippen LogP contribution in [0.4, 0.5) is 0 Å². The van der Waals surface area contributed by atoms with E-state index in [1.165, 1.54) is 4.90 Å². The summed E-state index contributed by atoms with van der Waals surface area (Å²) in [4.78, 5) is 25.5. The van der Waals surface area contributed by atoms with Crippen molar-refractivity contribution < 1.29 is 14.3 Å². The van der Waals surface area contributed by atoms with Crippen molar-refractivity contribution in [3.8, 4) is 0 Å². The number of carbonyl (C=O) groups is 2. The molecule has 0 aliphatic carbocycles. The summed E-state index contributed by atoms with van der Waals surface area (Å²) in [6.45, 7) is 6.33. The van der Waals surface area contributed by atoms with E-state index in [1.807, 2.05) is 19.9 Å². The average molecular weight is 298 g/mol. The molecule has 0 radical (unpaired) electrons. The Labute approximate surface area is 124 Å². The van der Waals surface area contributed by atoms with Crippen LogP contribution >= 0.6 is 11.6 Å². The Morgan fingerprint density at radius 2 is 2.00 bits per heavy atom. The zero-order chi connectivity index (χ0) is 15.1. The van der Waals surface area contributed by atoms with E-state index >= 15 is 0 Å². The molecule has 0 aromatic heterocycles. The molecule has 20 heavy (non-hydrogen) atoms. The van der Waals surface area contributed by atoms with Gasteiger partial charge in [-0.1, -0.05) is 24.6 Å². The van der Waals surface area contributed by atoms with Gasteiger partial charge in [0.15, 0.2) is 0 Å². The number of hydrogen-bond donors (Lipinski definition) is 0. The highest BCUT2D eigenvalue weighted by atomic mass is 35.5. The average Bonchev–Trinajstić information content (AvgIpc) is 2.38. The Morgan fingerprint density at radius 3 is 2.55 bits per heavy atom. The standard InChI is InChI=1S/C15H20ClNO3/c1-4-8-17(10-14(18)20-5-2)15(19)12-7-6-11(3)9-13(12)16/h6-7,9H,4-5,8,10H2,1-3H3. The van der Waals surface area contributed by atoms with E-state index in [4.69, 9.17) is 16.3 Å². The number of rotatable bonds is 6. The highest BCUT2D eigenvalue weighted by molar-refractivity contribution is 6.33. The molecule has 4 nitrogen and oxygen atoms in total. The predicted octanol–water partition coefficient (Wildman–Crippen LogP) is 3.06. The largest absolute Gasteiger partial charge is 0.465 e. The molecule has 0 spiro atoms. The van der Waals surface area contributed by atoms with Gasteiger partial charge < -0.3 is 9.64 Å². The summed E-state index contributed by atoms with van der Waals surface area (Å²) in [5.41, 5.74) is 1.40. The lowest BCUT2D eigenvalue weighted by atomic mass is 10.1. The molecule has 0 atom stereocenters. The Kier molecular flexibility index (Phi) is 6.52. The quantitative estimate of drug-likeness (QED) is 0.758. The number of hydrogen-bond acceptors (Lipinski definition) is 3. The maximum absolute atomic E-state index is 12.4. The van der Waals surface area contributed by atoms with Gasteiger partial charge in [0, 0.05) is 6.54 Å². The maximum atomic E-state index is 12.4. The number of carbonyl (C=O) groups excluding carboxylic acids is 2. The van der Waals surface area contributed by atoms with Gasteiger partial charge >= 0.3 is 5.97 Å². The molecule has 0 bridgehead atoms. The van der Waals surface area contributed by atoms with Gasteiger partial charge in [0.05, 0.1) is 17.2 Å². The van der Waals surface area contributed by atoms with Gasteiger partial charge in [0.1, 0.15) is 6.54 Å². The first-order valence-electron chi connectivity index (χ1n) is 6.70. The van der Waals surface area contributed by atoms with Gasteiger partial charge in [0.25, 0.3) is 5.91 Å². The molecule has 0 heterocycles. The van der Waals surface area contributed by atoms with Gasteiger partial charge in [0.2, 0.25) is 0 Å². The summed E-state index contributed by atoms with van der Waals surface area (Å²) < 4.78 is 4.89. The smallest absolute Gasteiger partial charge is 0.325 e. The van der Waals surface area contributed by atoms with E-state index in [1.54, 1.807) is 19.1 Å². The van der Waals surface area contributed by atoms with Crippen LogP contribution in [-0.4, -0.2) is 36.5 Å². The summed E-state index contributed by atoms with van der Waals surface area (Å²) in [6, 6.07) is 5.25. The second kappa shape index (κ2) is 7.90. The Balaban J connectivity index is 2.90. The van der Waals surface area contributed by atoms with Crippen LogP contribution in [0.15, 0.2) is 18.2 Å². The molecule has 110 valence electrons. The first kappa shape index (κ1) is 16.5. The van der Waals surface area contributed by atoms with Crippen LogP contribution in [0.5, 0.6) is 0 Å². The van der Waals surface area contributed by atoms with Gasteiger partial charge in [-0.15, -0.1) is 0 Å². The lowest BCUT2D eigenvalue weighted by Crippen LogP contribution is -2.37. The molecule has 0 unspecified atom stereocenters. The maximum Gasteiger partial charge on any atom is 0.325 e. The molecule has 0 aliphatic rings. The molecular formula is C15H20ClNO3. The van der Waals surface area contributed by atoms with E-state index in [2.05, 4.69) is 0 Å². The normalized spacial score (nSPS) is 10.2. The van der Waals surface area contributed by atoms with Crippen molar-refractivity contribution in [2.45, 2.75) is 27.2 Å². The number of halogens is 1. The van der Waals surface area contributed by atoms with Crippen LogP contribution in [0.3, 0.4) is 0 Å². The molecule has 0 fully saturated rings. The summed E-state index contributed by atoms with van der Waals surface area (Å²) in [7, 11) is 0. The highest BCUT2D eigenvalue weighted by Gasteiger charge is 2.20. The number of amides is 1. The van der Waals surface area contributed by atoms with Gasteiger partial charge in [-0.25, -0.2) is 0 Å². The third-order valence-corrected chi connectivity index (χ3v) is 3.07. The Bertz CT molecular complexity index is 488. The summed E-state index contributed by atoms with van der Waals surface area (Å²) in [6.07, 6.45) is 0.759. The predicted molar refractivity (Wildman–Crippen MR) is 79.0 cm³/mol. The topological polar surface area (TPSA) is 46.6 Å².